The summed E-state index contributed by atoms with van der Waals surface area (Å²) in [5.41, 5.74) is 13.6. The van der Waals surface area contributed by atoms with E-state index in [0.717, 1.165) is 46.6 Å². The Kier molecular flexibility index (Phi) is 6.17. The van der Waals surface area contributed by atoms with Crippen LogP contribution in [0, 0.1) is 0 Å². The lowest BCUT2D eigenvalue weighted by Crippen LogP contribution is -2.18. The van der Waals surface area contributed by atoms with Gasteiger partial charge in [-0.15, -0.1) is 0 Å². The van der Waals surface area contributed by atoms with Crippen molar-refractivity contribution < 1.29 is 4.79 Å². The average molecular weight is 447 g/mol. The van der Waals surface area contributed by atoms with E-state index >= 15 is 0 Å². The fraction of sp³-hybridized carbons (Fsp3) is 0.138. The number of nitrogen functional groups attached to an aromatic ring is 1. The first-order valence-corrected chi connectivity index (χ1v) is 11.5. The molecule has 0 atom stereocenters. The lowest BCUT2D eigenvalue weighted by Gasteiger charge is -2.20. The number of nitrogens with zero attached hydrogens (tertiary/aromatic N) is 2. The summed E-state index contributed by atoms with van der Waals surface area (Å²) in [5, 5.41) is 3.02. The molecule has 5 heteroatoms. The SMILES string of the molecule is Nc1ccc2c(c1)CCc1nc(NC(=O)CCc3ccccc3)c(/C=C/c3ccccc3)nc1-2. The number of hydrogen-bond acceptors (Lipinski definition) is 4. The summed E-state index contributed by atoms with van der Waals surface area (Å²) in [7, 11) is 0. The number of fused-ring (bicyclic) bond motifs is 3. The first-order chi connectivity index (χ1) is 16.7. The van der Waals surface area contributed by atoms with Crippen LogP contribution in [0.15, 0.2) is 78.9 Å². The highest BCUT2D eigenvalue weighted by atomic mass is 16.1. The minimum absolute atomic E-state index is 0.0727. The van der Waals surface area contributed by atoms with Gasteiger partial charge in [-0.25, -0.2) is 9.97 Å². The van der Waals surface area contributed by atoms with E-state index in [9.17, 15) is 4.79 Å². The predicted molar refractivity (Wildman–Crippen MR) is 138 cm³/mol. The lowest BCUT2D eigenvalue weighted by molar-refractivity contribution is -0.116. The quantitative estimate of drug-likeness (QED) is 0.380. The van der Waals surface area contributed by atoms with Crippen molar-refractivity contribution in [1.82, 2.24) is 9.97 Å². The van der Waals surface area contributed by atoms with Crippen LogP contribution < -0.4 is 11.1 Å². The molecular weight excluding hydrogens is 420 g/mol. The van der Waals surface area contributed by atoms with Crippen molar-refractivity contribution in [2.45, 2.75) is 25.7 Å². The summed E-state index contributed by atoms with van der Waals surface area (Å²) in [6, 6.07) is 26.0. The number of nitrogens with one attached hydrogen (secondary N) is 1. The fourth-order valence-corrected chi connectivity index (χ4v) is 4.22. The summed E-state index contributed by atoms with van der Waals surface area (Å²) < 4.78 is 0. The summed E-state index contributed by atoms with van der Waals surface area (Å²) >= 11 is 0. The second-order valence-electron chi connectivity index (χ2n) is 8.45. The molecule has 1 aliphatic rings. The van der Waals surface area contributed by atoms with E-state index in [-0.39, 0.29) is 5.91 Å². The third-order valence-electron chi connectivity index (χ3n) is 5.99. The number of aryl methyl sites for hydroxylation is 3. The van der Waals surface area contributed by atoms with Crippen molar-refractivity contribution in [3.8, 4) is 11.3 Å². The zero-order valence-electron chi connectivity index (χ0n) is 18.9. The van der Waals surface area contributed by atoms with Crippen LogP contribution in [0.2, 0.25) is 0 Å². The van der Waals surface area contributed by atoms with Crippen molar-refractivity contribution >= 4 is 29.6 Å². The molecule has 168 valence electrons. The van der Waals surface area contributed by atoms with E-state index < -0.39 is 0 Å². The maximum Gasteiger partial charge on any atom is 0.225 e. The molecule has 5 rings (SSSR count). The maximum atomic E-state index is 12.8. The molecule has 0 fully saturated rings. The molecule has 5 nitrogen and oxygen atoms in total. The number of carbonyl (C=O) groups excluding carboxylic acids is 1. The third-order valence-corrected chi connectivity index (χ3v) is 5.99. The maximum absolute atomic E-state index is 12.8. The monoisotopic (exact) mass is 446 g/mol. The highest BCUT2D eigenvalue weighted by Crippen LogP contribution is 2.34. The van der Waals surface area contributed by atoms with Crippen LogP contribution in [0.4, 0.5) is 11.5 Å². The van der Waals surface area contributed by atoms with Gasteiger partial charge in [0.15, 0.2) is 5.82 Å². The summed E-state index contributed by atoms with van der Waals surface area (Å²) in [6.07, 6.45) is 6.57. The largest absolute Gasteiger partial charge is 0.399 e. The molecule has 4 aromatic rings. The van der Waals surface area contributed by atoms with Crippen LogP contribution in [0.1, 0.15) is 34.5 Å². The van der Waals surface area contributed by atoms with Crippen molar-refractivity contribution in [2.75, 3.05) is 11.1 Å². The standard InChI is InChI=1S/C29H26N4O/c30-23-14-15-24-22(19-23)13-17-25-28(24)31-26(16-11-20-7-3-1-4-8-20)29(32-25)33-27(34)18-12-21-9-5-2-6-10-21/h1-11,14-16,19H,12-13,17-18,30H2,(H,32,33,34)/b16-11+. The number of anilines is 2. The van der Waals surface area contributed by atoms with Crippen LogP contribution in [0.3, 0.4) is 0 Å². The molecule has 34 heavy (non-hydrogen) atoms. The number of benzene rings is 3. The van der Waals surface area contributed by atoms with Gasteiger partial charge in [0.1, 0.15) is 5.69 Å². The molecule has 1 aromatic heterocycles. The molecular formula is C29H26N4O. The number of rotatable bonds is 6. The fourth-order valence-electron chi connectivity index (χ4n) is 4.22. The Hall–Kier alpha value is -4.25. The molecule has 1 amide bonds. The third kappa shape index (κ3) is 4.89. The van der Waals surface area contributed by atoms with Crippen LogP contribution in [0.25, 0.3) is 23.4 Å². The van der Waals surface area contributed by atoms with E-state index in [2.05, 4.69) is 5.32 Å². The molecule has 3 aromatic carbocycles. The van der Waals surface area contributed by atoms with Gasteiger partial charge in [-0.1, -0.05) is 72.8 Å². The Morgan fingerprint density at radius 1 is 0.912 bits per heavy atom. The van der Waals surface area contributed by atoms with Crippen LogP contribution in [-0.2, 0) is 24.1 Å². The second-order valence-corrected chi connectivity index (χ2v) is 8.45. The number of carbonyl (C=O) groups is 1. The van der Waals surface area contributed by atoms with Crippen LogP contribution >= 0.6 is 0 Å². The minimum Gasteiger partial charge on any atom is -0.399 e. The van der Waals surface area contributed by atoms with E-state index in [1.54, 1.807) is 0 Å². The zero-order chi connectivity index (χ0) is 23.3. The Balaban J connectivity index is 1.46. The molecule has 0 aliphatic heterocycles. The van der Waals surface area contributed by atoms with Crippen molar-refractivity contribution in [2.24, 2.45) is 0 Å². The first-order valence-electron chi connectivity index (χ1n) is 11.5. The average Bonchev–Trinajstić information content (AvgIpc) is 2.87. The number of amides is 1. The summed E-state index contributed by atoms with van der Waals surface area (Å²) in [6.45, 7) is 0. The first kappa shape index (κ1) is 21.6. The van der Waals surface area contributed by atoms with Crippen LogP contribution in [-0.4, -0.2) is 15.9 Å². The molecule has 3 N–H and O–H groups in total. The molecule has 1 aliphatic carbocycles. The Morgan fingerprint density at radius 2 is 1.68 bits per heavy atom. The Bertz CT molecular complexity index is 1350. The predicted octanol–water partition coefficient (Wildman–Crippen LogP) is 5.57. The topological polar surface area (TPSA) is 80.9 Å². The van der Waals surface area contributed by atoms with Gasteiger partial charge >= 0.3 is 0 Å². The number of nitrogens with two attached hydrogens (primary N) is 1. The van der Waals surface area contributed by atoms with Gasteiger partial charge in [0, 0.05) is 17.7 Å². The van der Waals surface area contributed by atoms with Crippen LogP contribution in [0.5, 0.6) is 0 Å². The summed E-state index contributed by atoms with van der Waals surface area (Å²) in [4.78, 5) is 22.6. The van der Waals surface area contributed by atoms with Gasteiger partial charge in [-0.05, 0) is 54.2 Å². The summed E-state index contributed by atoms with van der Waals surface area (Å²) in [5.74, 6) is 0.430. The van der Waals surface area contributed by atoms with E-state index in [4.69, 9.17) is 15.7 Å². The highest BCUT2D eigenvalue weighted by molar-refractivity contribution is 5.92. The smallest absolute Gasteiger partial charge is 0.225 e. The van der Waals surface area contributed by atoms with Gasteiger partial charge in [-0.3, -0.25) is 4.79 Å². The Labute approximate surface area is 199 Å². The molecule has 0 saturated heterocycles. The van der Waals surface area contributed by atoms with Gasteiger partial charge in [0.2, 0.25) is 5.91 Å². The molecule has 0 bridgehead atoms. The van der Waals surface area contributed by atoms with Gasteiger partial charge in [-0.2, -0.15) is 0 Å². The van der Waals surface area contributed by atoms with Gasteiger partial charge in [0.05, 0.1) is 11.4 Å². The highest BCUT2D eigenvalue weighted by Gasteiger charge is 2.22. The molecule has 1 heterocycles. The zero-order valence-corrected chi connectivity index (χ0v) is 18.9. The molecule has 0 unspecified atom stereocenters. The van der Waals surface area contributed by atoms with Crippen molar-refractivity contribution in [3.63, 3.8) is 0 Å². The number of aromatic nitrogens is 2. The van der Waals surface area contributed by atoms with E-state index in [1.165, 1.54) is 5.56 Å². The van der Waals surface area contributed by atoms with Crippen molar-refractivity contribution in [1.29, 1.82) is 0 Å². The normalized spacial score (nSPS) is 12.2. The van der Waals surface area contributed by atoms with E-state index in [0.29, 0.717) is 24.4 Å². The van der Waals surface area contributed by atoms with Gasteiger partial charge in [0.25, 0.3) is 0 Å². The van der Waals surface area contributed by atoms with E-state index in [1.807, 2.05) is 91.0 Å². The minimum atomic E-state index is -0.0727. The molecule has 0 spiro atoms. The Morgan fingerprint density at radius 3 is 2.47 bits per heavy atom. The second kappa shape index (κ2) is 9.71. The van der Waals surface area contributed by atoms with Gasteiger partial charge < -0.3 is 11.1 Å². The molecule has 0 radical (unpaired) electrons. The van der Waals surface area contributed by atoms with Crippen molar-refractivity contribution in [3.05, 3.63) is 107 Å². The lowest BCUT2D eigenvalue weighted by atomic mass is 9.91. The molecule has 0 saturated carbocycles. The number of hydrogen-bond donors (Lipinski definition) is 2.